The van der Waals surface area contributed by atoms with Crippen LogP contribution in [0.25, 0.3) is 0 Å². The van der Waals surface area contributed by atoms with Gasteiger partial charge in [0.1, 0.15) is 6.10 Å². The summed E-state index contributed by atoms with van der Waals surface area (Å²) >= 11 is 1.68. The maximum Gasteiger partial charge on any atom is 0.337 e. The van der Waals surface area contributed by atoms with E-state index in [2.05, 4.69) is 11.4 Å². The van der Waals surface area contributed by atoms with E-state index in [1.807, 2.05) is 36.6 Å². The summed E-state index contributed by atoms with van der Waals surface area (Å²) in [6.07, 6.45) is 4.96. The zero-order chi connectivity index (χ0) is 24.5. The lowest BCUT2D eigenvalue weighted by Gasteiger charge is -2.37. The molecule has 0 saturated heterocycles. The van der Waals surface area contributed by atoms with Crippen LogP contribution in [0.3, 0.4) is 0 Å². The molecule has 0 spiro atoms. The molecule has 0 unspecified atom stereocenters. The number of nitrogens with one attached hydrogen (secondary N) is 1. The van der Waals surface area contributed by atoms with Gasteiger partial charge in [-0.3, -0.25) is 4.79 Å². The molecule has 6 nitrogen and oxygen atoms in total. The minimum atomic E-state index is -0.581. The van der Waals surface area contributed by atoms with Gasteiger partial charge in [-0.15, -0.1) is 11.3 Å². The standard InChI is InChI=1S/C28H31NO5S/c1-16-24(28(31)34-18-8-4-5-9-18)25(19-10-6-11-22(32-2)27(19)33-3)26-20(29-16)14-17(15-21(26)30)23-12-7-13-35-23/h6-7,10-13,17-18,25,29H,4-5,8-9,14-15H2,1-3H3/t17-,25+/m1/s1. The first-order valence-corrected chi connectivity index (χ1v) is 13.1. The summed E-state index contributed by atoms with van der Waals surface area (Å²) in [6, 6.07) is 9.72. The van der Waals surface area contributed by atoms with Crippen molar-refractivity contribution in [3.63, 3.8) is 0 Å². The van der Waals surface area contributed by atoms with Crippen LogP contribution in [-0.4, -0.2) is 32.1 Å². The summed E-state index contributed by atoms with van der Waals surface area (Å²) in [4.78, 5) is 28.6. The van der Waals surface area contributed by atoms with Crippen molar-refractivity contribution in [1.82, 2.24) is 5.32 Å². The van der Waals surface area contributed by atoms with Gasteiger partial charge in [-0.1, -0.05) is 18.2 Å². The lowest BCUT2D eigenvalue weighted by Crippen LogP contribution is -2.36. The molecule has 1 aliphatic heterocycles. The lowest BCUT2D eigenvalue weighted by atomic mass is 9.72. The zero-order valence-corrected chi connectivity index (χ0v) is 21.2. The highest BCUT2D eigenvalue weighted by atomic mass is 32.1. The summed E-state index contributed by atoms with van der Waals surface area (Å²) in [5.41, 5.74) is 3.45. The molecule has 1 saturated carbocycles. The van der Waals surface area contributed by atoms with Gasteiger partial charge in [0.25, 0.3) is 0 Å². The third kappa shape index (κ3) is 4.38. The fourth-order valence-corrected chi connectivity index (χ4v) is 6.54. The van der Waals surface area contributed by atoms with E-state index in [4.69, 9.17) is 14.2 Å². The third-order valence-electron chi connectivity index (χ3n) is 7.31. The van der Waals surface area contributed by atoms with Crippen LogP contribution in [0.2, 0.25) is 0 Å². The first-order valence-electron chi connectivity index (χ1n) is 12.2. The Morgan fingerprint density at radius 2 is 1.86 bits per heavy atom. The van der Waals surface area contributed by atoms with Gasteiger partial charge in [-0.05, 0) is 56.5 Å². The van der Waals surface area contributed by atoms with Crippen LogP contribution >= 0.6 is 11.3 Å². The lowest BCUT2D eigenvalue weighted by molar-refractivity contribution is -0.144. The Hall–Kier alpha value is -3.06. The molecule has 1 N–H and O–H groups in total. The highest BCUT2D eigenvalue weighted by Crippen LogP contribution is 2.49. The molecular weight excluding hydrogens is 462 g/mol. The second-order valence-electron chi connectivity index (χ2n) is 9.43. The quantitative estimate of drug-likeness (QED) is 0.527. The number of carbonyl (C=O) groups is 2. The molecular formula is C28H31NO5S. The molecule has 2 aliphatic carbocycles. The van der Waals surface area contributed by atoms with E-state index in [-0.39, 0.29) is 23.8 Å². The van der Waals surface area contributed by atoms with Crippen LogP contribution in [0.4, 0.5) is 0 Å². The third-order valence-corrected chi connectivity index (χ3v) is 8.35. The number of thiophene rings is 1. The van der Waals surface area contributed by atoms with E-state index < -0.39 is 5.92 Å². The average Bonchev–Trinajstić information content (AvgIpc) is 3.57. The average molecular weight is 494 g/mol. The molecule has 1 aromatic heterocycles. The van der Waals surface area contributed by atoms with E-state index in [9.17, 15) is 9.59 Å². The van der Waals surface area contributed by atoms with Crippen LogP contribution in [0.15, 0.2) is 58.3 Å². The Morgan fingerprint density at radius 1 is 1.06 bits per heavy atom. The van der Waals surface area contributed by atoms with Crippen molar-refractivity contribution in [3.8, 4) is 11.5 Å². The number of rotatable bonds is 6. The van der Waals surface area contributed by atoms with Crippen molar-refractivity contribution in [2.75, 3.05) is 14.2 Å². The van der Waals surface area contributed by atoms with Crippen molar-refractivity contribution in [1.29, 1.82) is 0 Å². The number of hydrogen-bond donors (Lipinski definition) is 1. The van der Waals surface area contributed by atoms with E-state index in [1.165, 1.54) is 4.88 Å². The molecule has 7 heteroatoms. The summed E-state index contributed by atoms with van der Waals surface area (Å²) < 4.78 is 17.3. The molecule has 5 rings (SSSR count). The second kappa shape index (κ2) is 9.90. The second-order valence-corrected chi connectivity index (χ2v) is 10.4. The van der Waals surface area contributed by atoms with E-state index >= 15 is 0 Å². The number of esters is 1. The van der Waals surface area contributed by atoms with E-state index in [0.717, 1.165) is 42.6 Å². The summed E-state index contributed by atoms with van der Waals surface area (Å²) in [5.74, 6) is 0.318. The van der Waals surface area contributed by atoms with Gasteiger partial charge in [0.05, 0.1) is 25.7 Å². The van der Waals surface area contributed by atoms with Crippen molar-refractivity contribution in [2.24, 2.45) is 0 Å². The van der Waals surface area contributed by atoms with Gasteiger partial charge in [0.2, 0.25) is 0 Å². The number of Topliss-reactive ketones (excluding diaryl/α,β-unsaturated/α-hetero) is 1. The Morgan fingerprint density at radius 3 is 2.54 bits per heavy atom. The van der Waals surface area contributed by atoms with Crippen molar-refractivity contribution >= 4 is 23.1 Å². The van der Waals surface area contributed by atoms with Gasteiger partial charge >= 0.3 is 5.97 Å². The van der Waals surface area contributed by atoms with Crippen molar-refractivity contribution in [2.45, 2.75) is 63.4 Å². The number of para-hydroxylation sites is 1. The topological polar surface area (TPSA) is 73.9 Å². The van der Waals surface area contributed by atoms with Crippen LogP contribution in [0.1, 0.15) is 67.7 Å². The zero-order valence-electron chi connectivity index (χ0n) is 20.4. The fraction of sp³-hybridized carbons (Fsp3) is 0.429. The number of ether oxygens (including phenoxy) is 3. The maximum atomic E-state index is 13.8. The largest absolute Gasteiger partial charge is 0.493 e. The van der Waals surface area contributed by atoms with E-state index in [0.29, 0.717) is 35.5 Å². The normalized spacial score (nSPS) is 22.7. The number of hydrogen-bond acceptors (Lipinski definition) is 7. The first kappa shape index (κ1) is 23.7. The summed E-state index contributed by atoms with van der Waals surface area (Å²) in [6.45, 7) is 1.90. The predicted molar refractivity (Wildman–Crippen MR) is 135 cm³/mol. The molecule has 0 amide bonds. The maximum absolute atomic E-state index is 13.8. The Kier molecular flexibility index (Phi) is 6.69. The molecule has 0 radical (unpaired) electrons. The molecule has 0 bridgehead atoms. The SMILES string of the molecule is COc1cccc([C@H]2C(C(=O)OC3CCCC3)=C(C)NC3=C2C(=O)C[C@H](c2cccs2)C3)c1OC. The highest BCUT2D eigenvalue weighted by molar-refractivity contribution is 7.10. The Balaban J connectivity index is 1.61. The van der Waals surface area contributed by atoms with Gasteiger partial charge in [0, 0.05) is 39.7 Å². The van der Waals surface area contributed by atoms with Crippen molar-refractivity contribution < 1.29 is 23.8 Å². The molecule has 2 aromatic rings. The molecule has 2 heterocycles. The molecule has 2 atom stereocenters. The van der Waals surface area contributed by atoms with Crippen molar-refractivity contribution in [3.05, 3.63) is 68.7 Å². The van der Waals surface area contributed by atoms with Gasteiger partial charge < -0.3 is 19.5 Å². The number of benzene rings is 1. The number of methoxy groups -OCH3 is 2. The van der Waals surface area contributed by atoms with Crippen LogP contribution < -0.4 is 14.8 Å². The van der Waals surface area contributed by atoms with Crippen LogP contribution in [-0.2, 0) is 14.3 Å². The minimum Gasteiger partial charge on any atom is -0.493 e. The van der Waals surface area contributed by atoms with Gasteiger partial charge in [0.15, 0.2) is 17.3 Å². The first-order chi connectivity index (χ1) is 17.0. The highest BCUT2D eigenvalue weighted by Gasteiger charge is 2.43. The molecule has 184 valence electrons. The number of dihydropyridines is 1. The van der Waals surface area contributed by atoms with Gasteiger partial charge in [-0.2, -0.15) is 0 Å². The van der Waals surface area contributed by atoms with Crippen LogP contribution in [0, 0.1) is 0 Å². The van der Waals surface area contributed by atoms with Crippen LogP contribution in [0.5, 0.6) is 11.5 Å². The number of carbonyl (C=O) groups excluding carboxylic acids is 2. The fourth-order valence-electron chi connectivity index (χ4n) is 5.71. The minimum absolute atomic E-state index is 0.0469. The summed E-state index contributed by atoms with van der Waals surface area (Å²) in [7, 11) is 3.17. The van der Waals surface area contributed by atoms with E-state index in [1.54, 1.807) is 25.6 Å². The molecule has 1 fully saturated rings. The van der Waals surface area contributed by atoms with Gasteiger partial charge in [-0.25, -0.2) is 4.79 Å². The summed E-state index contributed by atoms with van der Waals surface area (Å²) in [5, 5.41) is 5.48. The smallest absolute Gasteiger partial charge is 0.337 e. The monoisotopic (exact) mass is 493 g/mol. The molecule has 35 heavy (non-hydrogen) atoms. The number of allylic oxidation sites excluding steroid dienone is 3. The number of ketones is 1. The molecule has 1 aromatic carbocycles. The Bertz CT molecular complexity index is 1190. The predicted octanol–water partition coefficient (Wildman–Crippen LogP) is 5.61. The Labute approximate surface area is 210 Å². The molecule has 3 aliphatic rings.